The minimum Gasteiger partial charge on any atom is -0.462 e. The first-order valence-corrected chi connectivity index (χ1v) is 9.53. The Kier molecular flexibility index (Phi) is 4.56. The van der Waals surface area contributed by atoms with Crippen LogP contribution in [0.3, 0.4) is 0 Å². The summed E-state index contributed by atoms with van der Waals surface area (Å²) < 4.78 is 12.1. The van der Waals surface area contributed by atoms with Gasteiger partial charge >= 0.3 is 5.91 Å². The molecule has 0 bridgehead atoms. The van der Waals surface area contributed by atoms with Crippen LogP contribution < -0.4 is 10.7 Å². The van der Waals surface area contributed by atoms with Crippen molar-refractivity contribution in [1.29, 1.82) is 0 Å². The van der Waals surface area contributed by atoms with Gasteiger partial charge in [0.2, 0.25) is 0 Å². The molecule has 0 fully saturated rings. The van der Waals surface area contributed by atoms with Crippen molar-refractivity contribution in [2.75, 3.05) is 5.32 Å². The molecule has 138 valence electrons. The lowest BCUT2D eigenvalue weighted by atomic mass is 10.1. The van der Waals surface area contributed by atoms with Gasteiger partial charge in [-0.2, -0.15) is 0 Å². The number of rotatable bonds is 3. The quantitative estimate of drug-likeness (QED) is 0.554. The van der Waals surface area contributed by atoms with E-state index in [-0.39, 0.29) is 11.7 Å². The van der Waals surface area contributed by atoms with Crippen LogP contribution in [-0.4, -0.2) is 16.8 Å². The van der Waals surface area contributed by atoms with Gasteiger partial charge in [0.05, 0.1) is 5.56 Å². The molecule has 1 atom stereocenters. The highest BCUT2D eigenvalue weighted by molar-refractivity contribution is 9.10. The predicted molar refractivity (Wildman–Crippen MR) is 104 cm³/mol. The van der Waals surface area contributed by atoms with Crippen molar-refractivity contribution in [1.82, 2.24) is 10.4 Å². The average molecular weight is 495 g/mol. The second-order valence-corrected chi connectivity index (χ2v) is 7.60. The number of benzene rings is 1. The number of fused-ring (bicyclic) bond motifs is 1. The Morgan fingerprint density at radius 3 is 2.63 bits per heavy atom. The minimum absolute atomic E-state index is 0.0732. The zero-order valence-corrected chi connectivity index (χ0v) is 17.1. The first-order chi connectivity index (χ1) is 12.9. The molecule has 0 saturated carbocycles. The van der Waals surface area contributed by atoms with E-state index in [1.54, 1.807) is 30.3 Å². The second-order valence-electron chi connectivity index (χ2n) is 5.91. The summed E-state index contributed by atoms with van der Waals surface area (Å²) in [6.07, 6.45) is -0.706. The van der Waals surface area contributed by atoms with Crippen LogP contribution in [0.15, 0.2) is 60.4 Å². The number of carbonyl (C=O) groups is 2. The minimum atomic E-state index is -0.706. The third kappa shape index (κ3) is 3.40. The van der Waals surface area contributed by atoms with Crippen molar-refractivity contribution in [2.24, 2.45) is 0 Å². The largest absolute Gasteiger partial charge is 0.462 e. The van der Waals surface area contributed by atoms with Crippen molar-refractivity contribution >= 4 is 49.4 Å². The highest BCUT2D eigenvalue weighted by Gasteiger charge is 2.36. The Labute approximate surface area is 170 Å². The van der Waals surface area contributed by atoms with E-state index < -0.39 is 12.1 Å². The maximum Gasteiger partial charge on any atom is 0.305 e. The number of aryl methyl sites for hydroxylation is 1. The first kappa shape index (κ1) is 17.9. The van der Waals surface area contributed by atoms with E-state index in [1.165, 1.54) is 11.1 Å². The fourth-order valence-electron chi connectivity index (χ4n) is 2.79. The SMILES string of the molecule is Cc1ccc(C2Nc3ccc(Br)cc3C(=O)N2NC(=O)c2ccc(Br)o2)o1. The molecule has 1 unspecified atom stereocenters. The molecule has 9 heteroatoms. The highest BCUT2D eigenvalue weighted by Crippen LogP contribution is 2.34. The summed E-state index contributed by atoms with van der Waals surface area (Å²) in [6, 6.07) is 12.0. The Balaban J connectivity index is 1.72. The first-order valence-electron chi connectivity index (χ1n) is 7.94. The zero-order valence-electron chi connectivity index (χ0n) is 14.0. The van der Waals surface area contributed by atoms with Crippen LogP contribution in [0.4, 0.5) is 5.69 Å². The molecule has 1 aliphatic rings. The number of furan rings is 2. The molecule has 2 N–H and O–H groups in total. The third-order valence-electron chi connectivity index (χ3n) is 4.03. The van der Waals surface area contributed by atoms with Gasteiger partial charge in [0.25, 0.3) is 5.91 Å². The highest BCUT2D eigenvalue weighted by atomic mass is 79.9. The Bertz CT molecular complexity index is 1040. The molecule has 2 amide bonds. The summed E-state index contributed by atoms with van der Waals surface area (Å²) in [4.78, 5) is 25.6. The van der Waals surface area contributed by atoms with Gasteiger partial charge in [0.15, 0.2) is 16.6 Å². The van der Waals surface area contributed by atoms with Crippen LogP contribution in [0.1, 0.15) is 38.6 Å². The van der Waals surface area contributed by atoms with Gasteiger partial charge in [-0.15, -0.1) is 0 Å². The molecule has 0 aliphatic carbocycles. The van der Waals surface area contributed by atoms with Gasteiger partial charge in [0.1, 0.15) is 11.5 Å². The lowest BCUT2D eigenvalue weighted by molar-refractivity contribution is 0.0455. The topological polar surface area (TPSA) is 87.7 Å². The fourth-order valence-corrected chi connectivity index (χ4v) is 3.46. The van der Waals surface area contributed by atoms with E-state index >= 15 is 0 Å². The van der Waals surface area contributed by atoms with Gasteiger partial charge in [0, 0.05) is 10.2 Å². The smallest absolute Gasteiger partial charge is 0.305 e. The summed E-state index contributed by atoms with van der Waals surface area (Å²) in [7, 11) is 0. The van der Waals surface area contributed by atoms with Crippen LogP contribution >= 0.6 is 31.9 Å². The van der Waals surface area contributed by atoms with Crippen LogP contribution in [0.25, 0.3) is 0 Å². The summed E-state index contributed by atoms with van der Waals surface area (Å²) in [5, 5.41) is 4.43. The number of amides is 2. The second kappa shape index (κ2) is 6.90. The number of hydrogen-bond donors (Lipinski definition) is 2. The van der Waals surface area contributed by atoms with Crippen molar-refractivity contribution < 1.29 is 18.4 Å². The number of nitrogens with one attached hydrogen (secondary N) is 2. The van der Waals surface area contributed by atoms with Gasteiger partial charge < -0.3 is 14.2 Å². The molecule has 1 aliphatic heterocycles. The molecule has 27 heavy (non-hydrogen) atoms. The Morgan fingerprint density at radius 1 is 1.15 bits per heavy atom. The summed E-state index contributed by atoms with van der Waals surface area (Å²) in [6.45, 7) is 1.81. The third-order valence-corrected chi connectivity index (χ3v) is 4.95. The zero-order chi connectivity index (χ0) is 19.1. The summed E-state index contributed by atoms with van der Waals surface area (Å²) >= 11 is 6.53. The van der Waals surface area contributed by atoms with E-state index in [2.05, 4.69) is 42.6 Å². The maximum atomic E-state index is 13.1. The molecule has 2 aromatic heterocycles. The van der Waals surface area contributed by atoms with E-state index in [9.17, 15) is 9.59 Å². The molecule has 0 saturated heterocycles. The van der Waals surface area contributed by atoms with Crippen LogP contribution in [0.2, 0.25) is 0 Å². The van der Waals surface area contributed by atoms with E-state index in [4.69, 9.17) is 8.83 Å². The van der Waals surface area contributed by atoms with Crippen molar-refractivity contribution in [3.63, 3.8) is 0 Å². The van der Waals surface area contributed by atoms with Crippen LogP contribution in [0, 0.1) is 6.92 Å². The number of nitrogens with zero attached hydrogens (tertiary/aromatic N) is 1. The van der Waals surface area contributed by atoms with E-state index in [1.807, 2.05) is 13.0 Å². The van der Waals surface area contributed by atoms with Crippen LogP contribution in [-0.2, 0) is 0 Å². The van der Waals surface area contributed by atoms with Crippen molar-refractivity contribution in [3.8, 4) is 0 Å². The summed E-state index contributed by atoms with van der Waals surface area (Å²) in [5.41, 5.74) is 3.68. The summed E-state index contributed by atoms with van der Waals surface area (Å²) in [5.74, 6) is 0.340. The molecule has 3 heterocycles. The van der Waals surface area contributed by atoms with Crippen molar-refractivity contribution in [3.05, 3.63) is 74.5 Å². The average Bonchev–Trinajstić information content (AvgIpc) is 3.26. The van der Waals surface area contributed by atoms with Gasteiger partial charge in [-0.1, -0.05) is 15.9 Å². The Hall–Kier alpha value is -2.52. The van der Waals surface area contributed by atoms with E-state index in [0.29, 0.717) is 27.4 Å². The number of carbonyl (C=O) groups excluding carboxylic acids is 2. The molecule has 1 aromatic carbocycles. The van der Waals surface area contributed by atoms with Gasteiger partial charge in [-0.3, -0.25) is 15.0 Å². The molecule has 4 rings (SSSR count). The maximum absolute atomic E-state index is 13.1. The molecule has 7 nitrogen and oxygen atoms in total. The normalized spacial score (nSPS) is 16.0. The number of hydrazine groups is 1. The van der Waals surface area contributed by atoms with Gasteiger partial charge in [-0.25, -0.2) is 5.01 Å². The number of hydrogen-bond acceptors (Lipinski definition) is 5. The van der Waals surface area contributed by atoms with E-state index in [0.717, 1.165) is 4.47 Å². The molecular formula is C18H13Br2N3O4. The van der Waals surface area contributed by atoms with Gasteiger partial charge in [-0.05, 0) is 65.3 Å². The monoisotopic (exact) mass is 493 g/mol. The molecular weight excluding hydrogens is 482 g/mol. The van der Waals surface area contributed by atoms with Crippen molar-refractivity contribution in [2.45, 2.75) is 13.1 Å². The number of anilines is 1. The molecule has 3 aromatic rings. The van der Waals surface area contributed by atoms with Crippen LogP contribution in [0.5, 0.6) is 0 Å². The lowest BCUT2D eigenvalue weighted by Gasteiger charge is -2.36. The fraction of sp³-hybridized carbons (Fsp3) is 0.111. The predicted octanol–water partition coefficient (Wildman–Crippen LogP) is 4.62. The lowest BCUT2D eigenvalue weighted by Crippen LogP contribution is -2.52. The number of halogens is 2. The molecule has 0 radical (unpaired) electrons. The Morgan fingerprint density at radius 2 is 1.96 bits per heavy atom. The molecule has 0 spiro atoms. The standard InChI is InChI=1S/C18H13Br2N3O4/c1-9-2-5-13(26-9)16-21-12-4-3-10(19)8-11(12)18(25)23(16)22-17(24)14-6-7-15(20)27-14/h2-8,16,21H,1H3,(H,22,24).